The fraction of sp³-hybridized carbons (Fsp3) is 1.00. The molecule has 0 aliphatic carbocycles. The number of fused-ring (bicyclic) bond motifs is 2. The average molecular weight is 172 g/mol. The molecule has 0 spiro atoms. The summed E-state index contributed by atoms with van der Waals surface area (Å²) >= 11 is 0. The summed E-state index contributed by atoms with van der Waals surface area (Å²) in [6, 6.07) is 0. The summed E-state index contributed by atoms with van der Waals surface area (Å²) in [6.45, 7) is 0.230. The molecule has 4 unspecified atom stereocenters. The number of hydrogen-bond donors (Lipinski definition) is 2. The lowest BCUT2D eigenvalue weighted by molar-refractivity contribution is -0.169. The number of ether oxygens (including phenoxy) is 1. The molecule has 12 heavy (non-hydrogen) atoms. The SMILES string of the molecule is OCC1CCC2OC1CCC2O. The second kappa shape index (κ2) is 3.32. The molecule has 4 atom stereocenters. The van der Waals surface area contributed by atoms with Crippen LogP contribution in [-0.4, -0.2) is 35.1 Å². The Bertz CT molecular complexity index is 158. The fourth-order valence-corrected chi connectivity index (χ4v) is 2.28. The molecule has 2 bridgehead atoms. The van der Waals surface area contributed by atoms with Crippen molar-refractivity contribution in [3.63, 3.8) is 0 Å². The lowest BCUT2D eigenvalue weighted by atomic mass is 9.83. The van der Waals surface area contributed by atoms with Gasteiger partial charge in [-0.2, -0.15) is 0 Å². The van der Waals surface area contributed by atoms with E-state index in [0.29, 0.717) is 5.92 Å². The predicted octanol–water partition coefficient (Wildman–Crippen LogP) is 0.297. The van der Waals surface area contributed by atoms with Crippen LogP contribution >= 0.6 is 0 Å². The molecule has 2 N–H and O–H groups in total. The molecule has 2 heterocycles. The van der Waals surface area contributed by atoms with Crippen molar-refractivity contribution < 1.29 is 14.9 Å². The van der Waals surface area contributed by atoms with Crippen LogP contribution in [0.1, 0.15) is 25.7 Å². The van der Waals surface area contributed by atoms with E-state index in [4.69, 9.17) is 9.84 Å². The van der Waals surface area contributed by atoms with Gasteiger partial charge in [-0.1, -0.05) is 0 Å². The molecule has 2 aliphatic rings. The first-order valence-corrected chi connectivity index (χ1v) is 4.75. The van der Waals surface area contributed by atoms with Crippen LogP contribution in [0.25, 0.3) is 0 Å². The first-order valence-electron chi connectivity index (χ1n) is 4.75. The second-order valence-electron chi connectivity index (χ2n) is 3.88. The second-order valence-corrected chi connectivity index (χ2v) is 3.88. The third-order valence-electron chi connectivity index (χ3n) is 3.11. The minimum atomic E-state index is -0.263. The van der Waals surface area contributed by atoms with Gasteiger partial charge in [0.1, 0.15) is 0 Å². The molecule has 0 amide bonds. The van der Waals surface area contributed by atoms with Crippen molar-refractivity contribution in [2.45, 2.75) is 44.0 Å². The van der Waals surface area contributed by atoms with E-state index < -0.39 is 0 Å². The van der Waals surface area contributed by atoms with E-state index in [1.165, 1.54) is 0 Å². The van der Waals surface area contributed by atoms with Crippen LogP contribution in [0.3, 0.4) is 0 Å². The van der Waals surface area contributed by atoms with Crippen LogP contribution in [0.5, 0.6) is 0 Å². The van der Waals surface area contributed by atoms with Crippen molar-refractivity contribution in [1.29, 1.82) is 0 Å². The minimum Gasteiger partial charge on any atom is -0.396 e. The smallest absolute Gasteiger partial charge is 0.0838 e. The largest absolute Gasteiger partial charge is 0.396 e. The van der Waals surface area contributed by atoms with Crippen LogP contribution in [0.2, 0.25) is 0 Å². The Morgan fingerprint density at radius 2 is 1.83 bits per heavy atom. The highest BCUT2D eigenvalue weighted by atomic mass is 16.5. The van der Waals surface area contributed by atoms with Crippen molar-refractivity contribution >= 4 is 0 Å². The maximum atomic E-state index is 9.49. The van der Waals surface area contributed by atoms with Gasteiger partial charge in [0, 0.05) is 12.5 Å². The summed E-state index contributed by atoms with van der Waals surface area (Å²) in [7, 11) is 0. The highest BCUT2D eigenvalue weighted by Gasteiger charge is 2.38. The van der Waals surface area contributed by atoms with E-state index in [2.05, 4.69) is 0 Å². The molecule has 0 radical (unpaired) electrons. The van der Waals surface area contributed by atoms with Gasteiger partial charge in [0.15, 0.2) is 0 Å². The number of aliphatic hydroxyl groups excluding tert-OH is 2. The molecule has 2 aliphatic heterocycles. The van der Waals surface area contributed by atoms with Crippen molar-refractivity contribution in [1.82, 2.24) is 0 Å². The summed E-state index contributed by atoms with van der Waals surface area (Å²) in [5.74, 6) is 0.314. The summed E-state index contributed by atoms with van der Waals surface area (Å²) in [4.78, 5) is 0. The van der Waals surface area contributed by atoms with E-state index in [-0.39, 0.29) is 24.9 Å². The lowest BCUT2D eigenvalue weighted by Gasteiger charge is -2.42. The Balaban J connectivity index is 1.99. The van der Waals surface area contributed by atoms with Crippen molar-refractivity contribution in [2.75, 3.05) is 6.61 Å². The molecule has 0 aromatic rings. The monoisotopic (exact) mass is 172 g/mol. The van der Waals surface area contributed by atoms with E-state index >= 15 is 0 Å². The van der Waals surface area contributed by atoms with E-state index in [0.717, 1.165) is 25.7 Å². The molecular formula is C9H16O3. The van der Waals surface area contributed by atoms with Crippen LogP contribution in [-0.2, 0) is 4.74 Å². The van der Waals surface area contributed by atoms with E-state index in [9.17, 15) is 5.11 Å². The number of aliphatic hydroxyl groups is 2. The summed E-state index contributed by atoms with van der Waals surface area (Å²) in [5.41, 5.74) is 0. The Hall–Kier alpha value is -0.120. The third kappa shape index (κ3) is 1.37. The molecular weight excluding hydrogens is 156 g/mol. The molecule has 2 rings (SSSR count). The zero-order chi connectivity index (χ0) is 8.55. The van der Waals surface area contributed by atoms with Crippen molar-refractivity contribution in [3.8, 4) is 0 Å². The fourth-order valence-electron chi connectivity index (χ4n) is 2.28. The van der Waals surface area contributed by atoms with Crippen LogP contribution in [0.15, 0.2) is 0 Å². The van der Waals surface area contributed by atoms with Crippen LogP contribution in [0, 0.1) is 5.92 Å². The van der Waals surface area contributed by atoms with E-state index in [1.54, 1.807) is 0 Å². The van der Waals surface area contributed by atoms with Crippen molar-refractivity contribution in [3.05, 3.63) is 0 Å². The van der Waals surface area contributed by atoms with Gasteiger partial charge in [0.05, 0.1) is 18.3 Å². The summed E-state index contributed by atoms with van der Waals surface area (Å²) < 4.78 is 5.63. The molecule has 2 fully saturated rings. The number of rotatable bonds is 1. The Morgan fingerprint density at radius 1 is 1.08 bits per heavy atom. The Morgan fingerprint density at radius 3 is 2.58 bits per heavy atom. The molecule has 70 valence electrons. The van der Waals surface area contributed by atoms with Gasteiger partial charge in [0.25, 0.3) is 0 Å². The lowest BCUT2D eigenvalue weighted by Crippen LogP contribution is -2.46. The third-order valence-corrected chi connectivity index (χ3v) is 3.11. The summed E-state index contributed by atoms with van der Waals surface area (Å²) in [6.07, 6.45) is 3.64. The predicted molar refractivity (Wildman–Crippen MR) is 43.7 cm³/mol. The van der Waals surface area contributed by atoms with Gasteiger partial charge in [0.2, 0.25) is 0 Å². The molecule has 0 aromatic heterocycles. The van der Waals surface area contributed by atoms with Crippen LogP contribution < -0.4 is 0 Å². The van der Waals surface area contributed by atoms with E-state index in [1.807, 2.05) is 0 Å². The Kier molecular flexibility index (Phi) is 2.35. The van der Waals surface area contributed by atoms with Gasteiger partial charge < -0.3 is 14.9 Å². The molecule has 3 nitrogen and oxygen atoms in total. The molecule has 3 heteroatoms. The molecule has 0 saturated carbocycles. The average Bonchev–Trinajstić information content (AvgIpc) is 2.12. The highest BCUT2D eigenvalue weighted by Crippen LogP contribution is 2.34. The van der Waals surface area contributed by atoms with Gasteiger partial charge in [-0.25, -0.2) is 0 Å². The zero-order valence-electron chi connectivity index (χ0n) is 7.15. The van der Waals surface area contributed by atoms with Gasteiger partial charge in [-0.15, -0.1) is 0 Å². The van der Waals surface area contributed by atoms with Gasteiger partial charge in [-0.3, -0.25) is 0 Å². The zero-order valence-corrected chi connectivity index (χ0v) is 7.15. The first-order chi connectivity index (χ1) is 5.81. The van der Waals surface area contributed by atoms with Gasteiger partial charge >= 0.3 is 0 Å². The standard InChI is InChI=1S/C9H16O3/c10-5-6-1-3-9-7(11)2-4-8(6)12-9/h6-11H,1-5H2. The Labute approximate surface area is 72.3 Å². The number of hydrogen-bond acceptors (Lipinski definition) is 3. The molecule has 2 saturated heterocycles. The van der Waals surface area contributed by atoms with Crippen molar-refractivity contribution in [2.24, 2.45) is 5.92 Å². The quantitative estimate of drug-likeness (QED) is 0.598. The summed E-state index contributed by atoms with van der Waals surface area (Å²) in [5, 5.41) is 18.5. The molecule has 0 aromatic carbocycles. The first kappa shape index (κ1) is 8.48. The highest BCUT2D eigenvalue weighted by molar-refractivity contribution is 4.87. The maximum Gasteiger partial charge on any atom is 0.0838 e. The minimum absolute atomic E-state index is 0.0477. The maximum absolute atomic E-state index is 9.49. The van der Waals surface area contributed by atoms with Crippen LogP contribution in [0.4, 0.5) is 0 Å². The van der Waals surface area contributed by atoms with Gasteiger partial charge in [-0.05, 0) is 25.7 Å². The topological polar surface area (TPSA) is 49.7 Å². The normalized spacial score (nSPS) is 47.5.